The second kappa shape index (κ2) is 3.49. The normalized spacial score (nSPS) is 15.0. The number of hydrogen-bond donors (Lipinski definition) is 0. The molecule has 0 saturated heterocycles. The average Bonchev–Trinajstić information content (AvgIpc) is 2.75. The SMILES string of the molecule is O=C1CC=CN1c1cccc2ccccc12. The molecule has 0 aliphatic carbocycles. The van der Waals surface area contributed by atoms with Crippen LogP contribution in [0.3, 0.4) is 0 Å². The van der Waals surface area contributed by atoms with E-state index in [1.54, 1.807) is 4.90 Å². The van der Waals surface area contributed by atoms with Crippen LogP contribution in [0.5, 0.6) is 0 Å². The van der Waals surface area contributed by atoms with Crippen molar-refractivity contribution >= 4 is 22.4 Å². The molecule has 78 valence electrons. The molecule has 0 bridgehead atoms. The van der Waals surface area contributed by atoms with E-state index in [9.17, 15) is 4.79 Å². The Kier molecular flexibility index (Phi) is 2.00. The zero-order valence-electron chi connectivity index (χ0n) is 8.76. The van der Waals surface area contributed by atoms with E-state index >= 15 is 0 Å². The van der Waals surface area contributed by atoms with E-state index in [-0.39, 0.29) is 5.91 Å². The Balaban J connectivity index is 2.23. The number of amides is 1. The standard InChI is InChI=1S/C14H11NO/c16-14-9-4-10-15(14)13-8-3-6-11-5-1-2-7-12(11)13/h1-8,10H,9H2. The van der Waals surface area contributed by atoms with Crippen LogP contribution in [0.15, 0.2) is 54.7 Å². The number of carbonyl (C=O) groups excluding carboxylic acids is 1. The van der Waals surface area contributed by atoms with E-state index in [0.717, 1.165) is 16.5 Å². The topological polar surface area (TPSA) is 20.3 Å². The smallest absolute Gasteiger partial charge is 0.234 e. The number of rotatable bonds is 1. The molecule has 1 amide bonds. The second-order valence-corrected chi connectivity index (χ2v) is 3.85. The predicted molar refractivity (Wildman–Crippen MR) is 65.2 cm³/mol. The maximum atomic E-state index is 11.7. The Morgan fingerprint density at radius 2 is 1.81 bits per heavy atom. The molecule has 0 aromatic heterocycles. The fourth-order valence-corrected chi connectivity index (χ4v) is 2.07. The van der Waals surface area contributed by atoms with Crippen LogP contribution < -0.4 is 4.90 Å². The molecule has 2 aromatic rings. The number of hydrogen-bond acceptors (Lipinski definition) is 1. The molecular formula is C14H11NO. The molecule has 2 nitrogen and oxygen atoms in total. The largest absolute Gasteiger partial charge is 0.287 e. The summed E-state index contributed by atoms with van der Waals surface area (Å²) >= 11 is 0. The number of carbonyl (C=O) groups is 1. The highest BCUT2D eigenvalue weighted by molar-refractivity contribution is 6.06. The lowest BCUT2D eigenvalue weighted by Crippen LogP contribution is -2.19. The van der Waals surface area contributed by atoms with Gasteiger partial charge in [-0.25, -0.2) is 0 Å². The Labute approximate surface area is 93.8 Å². The Hall–Kier alpha value is -2.09. The fraction of sp³-hybridized carbons (Fsp3) is 0.0714. The van der Waals surface area contributed by atoms with Crippen LogP contribution in [-0.2, 0) is 4.79 Å². The lowest BCUT2D eigenvalue weighted by atomic mass is 10.1. The van der Waals surface area contributed by atoms with Crippen molar-refractivity contribution in [1.82, 2.24) is 0 Å². The summed E-state index contributed by atoms with van der Waals surface area (Å²) < 4.78 is 0. The highest BCUT2D eigenvalue weighted by Gasteiger charge is 2.18. The van der Waals surface area contributed by atoms with Gasteiger partial charge in [0.05, 0.1) is 5.69 Å². The summed E-state index contributed by atoms with van der Waals surface area (Å²) in [6, 6.07) is 14.1. The summed E-state index contributed by atoms with van der Waals surface area (Å²) in [6.07, 6.45) is 4.25. The van der Waals surface area contributed by atoms with Gasteiger partial charge >= 0.3 is 0 Å². The minimum absolute atomic E-state index is 0.136. The molecule has 0 atom stereocenters. The third-order valence-corrected chi connectivity index (χ3v) is 2.84. The molecular weight excluding hydrogens is 198 g/mol. The van der Waals surface area contributed by atoms with Crippen molar-refractivity contribution in [2.45, 2.75) is 6.42 Å². The minimum atomic E-state index is 0.136. The zero-order chi connectivity index (χ0) is 11.0. The van der Waals surface area contributed by atoms with Crippen LogP contribution in [0.2, 0.25) is 0 Å². The monoisotopic (exact) mass is 209 g/mol. The Morgan fingerprint density at radius 3 is 2.62 bits per heavy atom. The molecule has 0 spiro atoms. The van der Waals surface area contributed by atoms with Gasteiger partial charge in [0.15, 0.2) is 0 Å². The predicted octanol–water partition coefficient (Wildman–Crippen LogP) is 3.09. The van der Waals surface area contributed by atoms with Crippen LogP contribution in [0.4, 0.5) is 5.69 Å². The summed E-state index contributed by atoms with van der Waals surface area (Å²) in [5, 5.41) is 2.28. The first-order valence-electron chi connectivity index (χ1n) is 5.33. The van der Waals surface area contributed by atoms with Crippen molar-refractivity contribution < 1.29 is 4.79 Å². The van der Waals surface area contributed by atoms with Crippen molar-refractivity contribution in [3.05, 3.63) is 54.7 Å². The molecule has 3 rings (SSSR count). The zero-order valence-corrected chi connectivity index (χ0v) is 8.76. The van der Waals surface area contributed by atoms with Gasteiger partial charge in [0, 0.05) is 18.0 Å². The molecule has 1 aliphatic heterocycles. The summed E-state index contributed by atoms with van der Waals surface area (Å²) in [6.45, 7) is 0. The molecule has 1 aliphatic rings. The van der Waals surface area contributed by atoms with Crippen molar-refractivity contribution in [3.8, 4) is 0 Å². The van der Waals surface area contributed by atoms with Gasteiger partial charge < -0.3 is 0 Å². The first-order chi connectivity index (χ1) is 7.86. The van der Waals surface area contributed by atoms with Gasteiger partial charge in [0.25, 0.3) is 0 Å². The third-order valence-electron chi connectivity index (χ3n) is 2.84. The molecule has 0 radical (unpaired) electrons. The molecule has 0 N–H and O–H groups in total. The van der Waals surface area contributed by atoms with E-state index in [0.29, 0.717) is 6.42 Å². The lowest BCUT2D eigenvalue weighted by molar-refractivity contribution is -0.116. The average molecular weight is 209 g/mol. The first-order valence-corrected chi connectivity index (χ1v) is 5.33. The van der Waals surface area contributed by atoms with Crippen molar-refractivity contribution in [1.29, 1.82) is 0 Å². The maximum Gasteiger partial charge on any atom is 0.234 e. The summed E-state index contributed by atoms with van der Waals surface area (Å²) in [4.78, 5) is 13.4. The number of fused-ring (bicyclic) bond motifs is 1. The summed E-state index contributed by atoms with van der Waals surface area (Å²) in [5.74, 6) is 0.136. The van der Waals surface area contributed by atoms with Crippen molar-refractivity contribution in [2.24, 2.45) is 0 Å². The van der Waals surface area contributed by atoms with E-state index in [1.807, 2.05) is 42.6 Å². The molecule has 2 aromatic carbocycles. The van der Waals surface area contributed by atoms with E-state index < -0.39 is 0 Å². The van der Waals surface area contributed by atoms with Crippen molar-refractivity contribution in [3.63, 3.8) is 0 Å². The molecule has 0 fully saturated rings. The third kappa shape index (κ3) is 1.31. The quantitative estimate of drug-likeness (QED) is 0.706. The second-order valence-electron chi connectivity index (χ2n) is 3.85. The van der Waals surface area contributed by atoms with Gasteiger partial charge in [-0.1, -0.05) is 42.5 Å². The number of anilines is 1. The minimum Gasteiger partial charge on any atom is -0.287 e. The van der Waals surface area contributed by atoms with E-state index in [2.05, 4.69) is 12.1 Å². The molecule has 16 heavy (non-hydrogen) atoms. The fourth-order valence-electron chi connectivity index (χ4n) is 2.07. The highest BCUT2D eigenvalue weighted by atomic mass is 16.2. The molecule has 1 heterocycles. The van der Waals surface area contributed by atoms with Crippen LogP contribution >= 0.6 is 0 Å². The van der Waals surface area contributed by atoms with Crippen LogP contribution in [-0.4, -0.2) is 5.91 Å². The number of nitrogens with zero attached hydrogens (tertiary/aromatic N) is 1. The molecule has 0 saturated carbocycles. The summed E-state index contributed by atoms with van der Waals surface area (Å²) in [7, 11) is 0. The van der Waals surface area contributed by atoms with Gasteiger partial charge in [-0.15, -0.1) is 0 Å². The highest BCUT2D eigenvalue weighted by Crippen LogP contribution is 2.29. The van der Waals surface area contributed by atoms with Crippen molar-refractivity contribution in [2.75, 3.05) is 4.90 Å². The van der Waals surface area contributed by atoms with Crippen LogP contribution in [0.1, 0.15) is 6.42 Å². The van der Waals surface area contributed by atoms with Gasteiger partial charge in [-0.2, -0.15) is 0 Å². The maximum absolute atomic E-state index is 11.7. The Morgan fingerprint density at radius 1 is 1.00 bits per heavy atom. The van der Waals surface area contributed by atoms with E-state index in [4.69, 9.17) is 0 Å². The summed E-state index contributed by atoms with van der Waals surface area (Å²) in [5.41, 5.74) is 0.969. The number of benzene rings is 2. The van der Waals surface area contributed by atoms with Crippen LogP contribution in [0, 0.1) is 0 Å². The van der Waals surface area contributed by atoms with Gasteiger partial charge in [-0.3, -0.25) is 9.69 Å². The molecule has 0 unspecified atom stereocenters. The van der Waals surface area contributed by atoms with Gasteiger partial charge in [-0.05, 0) is 11.5 Å². The van der Waals surface area contributed by atoms with Gasteiger partial charge in [0.1, 0.15) is 0 Å². The lowest BCUT2D eigenvalue weighted by Gasteiger charge is -2.16. The van der Waals surface area contributed by atoms with E-state index in [1.165, 1.54) is 0 Å². The van der Waals surface area contributed by atoms with Crippen LogP contribution in [0.25, 0.3) is 10.8 Å². The molecule has 2 heteroatoms. The van der Waals surface area contributed by atoms with Gasteiger partial charge in [0.2, 0.25) is 5.91 Å². The first kappa shape index (κ1) is 9.16. The Bertz CT molecular complexity index is 581.